The van der Waals surface area contributed by atoms with E-state index in [4.69, 9.17) is 0 Å². The molecule has 0 atom stereocenters. The van der Waals surface area contributed by atoms with Crippen LogP contribution >= 0.6 is 0 Å². The molecule has 0 bridgehead atoms. The van der Waals surface area contributed by atoms with Crippen LogP contribution in [0.25, 0.3) is 0 Å². The first-order valence-corrected chi connectivity index (χ1v) is 7.50. The molecule has 0 spiro atoms. The van der Waals surface area contributed by atoms with Crippen molar-refractivity contribution < 1.29 is 8.42 Å². The minimum atomic E-state index is -3.47. The molecule has 0 aliphatic rings. The second-order valence-electron chi connectivity index (χ2n) is 3.84. The summed E-state index contributed by atoms with van der Waals surface area (Å²) >= 11 is 0. The quantitative estimate of drug-likeness (QED) is 0.810. The maximum atomic E-state index is 12.3. The van der Waals surface area contributed by atoms with Crippen LogP contribution in [0.5, 0.6) is 0 Å². The van der Waals surface area contributed by atoms with Gasteiger partial charge in [0.25, 0.3) is 0 Å². The number of nitrogens with one attached hydrogen (secondary N) is 1. The summed E-state index contributed by atoms with van der Waals surface area (Å²) in [5.74, 6) is 0.408. The third-order valence-corrected chi connectivity index (χ3v) is 4.53. The minimum Gasteiger partial charge on any atom is -0.357 e. The summed E-state index contributed by atoms with van der Waals surface area (Å²) < 4.78 is 26.0. The van der Waals surface area contributed by atoms with Crippen molar-refractivity contribution in [3.05, 3.63) is 12.4 Å². The van der Waals surface area contributed by atoms with Crippen LogP contribution in [0, 0.1) is 0 Å². The zero-order valence-electron chi connectivity index (χ0n) is 11.0. The van der Waals surface area contributed by atoms with Crippen LogP contribution in [0.4, 0.5) is 5.95 Å². The molecule has 7 heteroatoms. The maximum absolute atomic E-state index is 12.3. The van der Waals surface area contributed by atoms with E-state index in [1.54, 1.807) is 7.05 Å². The molecule has 0 aromatic carbocycles. The number of nitrogens with zero attached hydrogens (tertiary/aromatic N) is 3. The lowest BCUT2D eigenvalue weighted by atomic mass is 10.3. The Morgan fingerprint density at radius 2 is 1.89 bits per heavy atom. The molecular formula is C11H20N4O2S. The molecule has 1 N–H and O–H groups in total. The first-order chi connectivity index (χ1) is 8.56. The molecule has 0 radical (unpaired) electrons. The van der Waals surface area contributed by atoms with Gasteiger partial charge in [0, 0.05) is 20.1 Å². The van der Waals surface area contributed by atoms with Crippen molar-refractivity contribution in [3.8, 4) is 0 Å². The molecule has 0 aliphatic heterocycles. The number of rotatable bonds is 7. The standard InChI is InChI=1S/C11H20N4O2S/c1-4-6-7-15(5-2)18(16,17)10-8-13-11(12-3)14-9-10/h8-9H,4-7H2,1-3H3,(H,12,13,14). The van der Waals surface area contributed by atoms with Crippen LogP contribution in [-0.2, 0) is 10.0 Å². The number of anilines is 1. The van der Waals surface area contributed by atoms with Crippen LogP contribution in [-0.4, -0.2) is 42.8 Å². The lowest BCUT2D eigenvalue weighted by molar-refractivity contribution is 0.418. The lowest BCUT2D eigenvalue weighted by Crippen LogP contribution is -2.32. The van der Waals surface area contributed by atoms with Crippen LogP contribution in [0.2, 0.25) is 0 Å². The van der Waals surface area contributed by atoms with Gasteiger partial charge in [-0.25, -0.2) is 18.4 Å². The monoisotopic (exact) mass is 272 g/mol. The number of aromatic nitrogens is 2. The highest BCUT2D eigenvalue weighted by Crippen LogP contribution is 2.15. The Morgan fingerprint density at radius 1 is 1.28 bits per heavy atom. The van der Waals surface area contributed by atoms with E-state index in [2.05, 4.69) is 15.3 Å². The maximum Gasteiger partial charge on any atom is 0.246 e. The molecule has 102 valence electrons. The van der Waals surface area contributed by atoms with E-state index in [1.807, 2.05) is 13.8 Å². The summed E-state index contributed by atoms with van der Waals surface area (Å²) in [5.41, 5.74) is 0. The molecule has 1 aromatic heterocycles. The van der Waals surface area contributed by atoms with Crippen molar-refractivity contribution in [1.29, 1.82) is 0 Å². The van der Waals surface area contributed by atoms with E-state index in [-0.39, 0.29) is 4.90 Å². The molecule has 0 aliphatic carbocycles. The van der Waals surface area contributed by atoms with Crippen LogP contribution in [0.15, 0.2) is 17.3 Å². The van der Waals surface area contributed by atoms with Gasteiger partial charge < -0.3 is 5.32 Å². The lowest BCUT2D eigenvalue weighted by Gasteiger charge is -2.19. The molecule has 1 rings (SSSR count). The summed E-state index contributed by atoms with van der Waals surface area (Å²) in [6.45, 7) is 4.85. The zero-order valence-corrected chi connectivity index (χ0v) is 11.9. The molecule has 0 unspecified atom stereocenters. The summed E-state index contributed by atoms with van der Waals surface area (Å²) in [6, 6.07) is 0. The highest BCUT2D eigenvalue weighted by atomic mass is 32.2. The topological polar surface area (TPSA) is 75.2 Å². The number of sulfonamides is 1. The average molecular weight is 272 g/mol. The molecular weight excluding hydrogens is 252 g/mol. The molecule has 6 nitrogen and oxygen atoms in total. The summed E-state index contributed by atoms with van der Waals surface area (Å²) in [7, 11) is -1.78. The molecule has 0 saturated heterocycles. The van der Waals surface area contributed by atoms with Gasteiger partial charge >= 0.3 is 0 Å². The largest absolute Gasteiger partial charge is 0.357 e. The van der Waals surface area contributed by atoms with Crippen molar-refractivity contribution in [3.63, 3.8) is 0 Å². The van der Waals surface area contributed by atoms with Gasteiger partial charge in [0.1, 0.15) is 4.90 Å². The van der Waals surface area contributed by atoms with Crippen LogP contribution < -0.4 is 5.32 Å². The van der Waals surface area contributed by atoms with E-state index >= 15 is 0 Å². The highest BCUT2D eigenvalue weighted by molar-refractivity contribution is 7.89. The van der Waals surface area contributed by atoms with E-state index in [9.17, 15) is 8.42 Å². The second-order valence-corrected chi connectivity index (χ2v) is 5.78. The van der Waals surface area contributed by atoms with Gasteiger partial charge in [0.05, 0.1) is 12.4 Å². The average Bonchev–Trinajstić information content (AvgIpc) is 2.39. The molecule has 1 heterocycles. The van der Waals surface area contributed by atoms with E-state index < -0.39 is 10.0 Å². The van der Waals surface area contributed by atoms with Crippen LogP contribution in [0.3, 0.4) is 0 Å². The number of hydrogen-bond acceptors (Lipinski definition) is 5. The van der Waals surface area contributed by atoms with Gasteiger partial charge in [-0.3, -0.25) is 0 Å². The molecule has 0 fully saturated rings. The molecule has 0 saturated carbocycles. The third kappa shape index (κ3) is 3.39. The molecule has 1 aromatic rings. The Bertz CT molecular complexity index is 458. The Hall–Kier alpha value is -1.21. The van der Waals surface area contributed by atoms with Gasteiger partial charge in [0.2, 0.25) is 16.0 Å². The third-order valence-electron chi connectivity index (χ3n) is 2.60. The van der Waals surface area contributed by atoms with Crippen LogP contribution in [0.1, 0.15) is 26.7 Å². The van der Waals surface area contributed by atoms with Gasteiger partial charge in [-0.2, -0.15) is 4.31 Å². The van der Waals surface area contributed by atoms with E-state index in [1.165, 1.54) is 16.7 Å². The van der Waals surface area contributed by atoms with Gasteiger partial charge in [0.15, 0.2) is 0 Å². The summed E-state index contributed by atoms with van der Waals surface area (Å²) in [4.78, 5) is 8.00. The smallest absolute Gasteiger partial charge is 0.246 e. The molecule has 0 amide bonds. The predicted molar refractivity (Wildman–Crippen MR) is 70.9 cm³/mol. The zero-order chi connectivity index (χ0) is 13.6. The van der Waals surface area contributed by atoms with Crippen molar-refractivity contribution in [2.75, 3.05) is 25.5 Å². The fourth-order valence-electron chi connectivity index (χ4n) is 1.51. The fraction of sp³-hybridized carbons (Fsp3) is 0.636. The van der Waals surface area contributed by atoms with Gasteiger partial charge in [-0.15, -0.1) is 0 Å². The van der Waals surface area contributed by atoms with E-state index in [0.29, 0.717) is 19.0 Å². The SMILES string of the molecule is CCCCN(CC)S(=O)(=O)c1cnc(NC)nc1. The van der Waals surface area contributed by atoms with Gasteiger partial charge in [-0.05, 0) is 6.42 Å². The highest BCUT2D eigenvalue weighted by Gasteiger charge is 2.23. The normalized spacial score (nSPS) is 11.8. The molecule has 18 heavy (non-hydrogen) atoms. The van der Waals surface area contributed by atoms with Crippen molar-refractivity contribution >= 4 is 16.0 Å². The number of hydrogen-bond donors (Lipinski definition) is 1. The number of unbranched alkanes of at least 4 members (excludes halogenated alkanes) is 1. The predicted octanol–water partition coefficient (Wildman–Crippen LogP) is 1.33. The first kappa shape index (κ1) is 14.8. The first-order valence-electron chi connectivity index (χ1n) is 6.06. The van der Waals surface area contributed by atoms with E-state index in [0.717, 1.165) is 12.8 Å². The fourth-order valence-corrected chi connectivity index (χ4v) is 2.89. The minimum absolute atomic E-state index is 0.138. The summed E-state index contributed by atoms with van der Waals surface area (Å²) in [6.07, 6.45) is 4.48. The summed E-state index contributed by atoms with van der Waals surface area (Å²) in [5, 5.41) is 2.75. The second kappa shape index (κ2) is 6.65. The Labute approximate surface area is 108 Å². The van der Waals surface area contributed by atoms with Crippen molar-refractivity contribution in [1.82, 2.24) is 14.3 Å². The Morgan fingerprint density at radius 3 is 2.33 bits per heavy atom. The Kier molecular flexibility index (Phi) is 5.49. The van der Waals surface area contributed by atoms with Crippen molar-refractivity contribution in [2.24, 2.45) is 0 Å². The Balaban J connectivity index is 2.95. The van der Waals surface area contributed by atoms with Crippen molar-refractivity contribution in [2.45, 2.75) is 31.6 Å². The van der Waals surface area contributed by atoms with Gasteiger partial charge in [-0.1, -0.05) is 20.3 Å².